The Balaban J connectivity index is 1.69. The van der Waals surface area contributed by atoms with Gasteiger partial charge < -0.3 is 14.4 Å². The van der Waals surface area contributed by atoms with Crippen LogP contribution in [0.4, 0.5) is 0 Å². The number of methoxy groups -OCH3 is 2. The van der Waals surface area contributed by atoms with Crippen molar-refractivity contribution in [1.29, 1.82) is 0 Å². The normalized spacial score (nSPS) is 16.1. The molecule has 4 nitrogen and oxygen atoms in total. The molecule has 1 heterocycles. The minimum atomic E-state index is 0.0234. The van der Waals surface area contributed by atoms with Crippen LogP contribution in [0.3, 0.4) is 0 Å². The van der Waals surface area contributed by atoms with Gasteiger partial charge in [-0.2, -0.15) is 0 Å². The summed E-state index contributed by atoms with van der Waals surface area (Å²) in [6, 6.07) is 5.84. The molecule has 0 bridgehead atoms. The first-order valence-corrected chi connectivity index (χ1v) is 12.9. The SMILES string of the molecule is CCCCCCCCCCCCCC(=O)N1CCSC1c1cc(OC)ccc1OC. The molecule has 1 aromatic carbocycles. The molecule has 0 aromatic heterocycles. The molecule has 2 rings (SSSR count). The van der Waals surface area contributed by atoms with Gasteiger partial charge in [-0.15, -0.1) is 11.8 Å². The Morgan fingerprint density at radius 1 is 0.967 bits per heavy atom. The number of benzene rings is 1. The van der Waals surface area contributed by atoms with Gasteiger partial charge in [0.25, 0.3) is 0 Å². The van der Waals surface area contributed by atoms with Crippen molar-refractivity contribution in [2.45, 2.75) is 89.3 Å². The molecule has 1 saturated heterocycles. The third-order valence-electron chi connectivity index (χ3n) is 5.91. The number of hydrogen-bond acceptors (Lipinski definition) is 4. The van der Waals surface area contributed by atoms with Crippen molar-refractivity contribution in [3.63, 3.8) is 0 Å². The van der Waals surface area contributed by atoms with Crippen molar-refractivity contribution in [3.05, 3.63) is 23.8 Å². The first-order valence-electron chi connectivity index (χ1n) is 11.8. The summed E-state index contributed by atoms with van der Waals surface area (Å²) in [6.07, 6.45) is 15.0. The molecule has 170 valence electrons. The van der Waals surface area contributed by atoms with Gasteiger partial charge in [0.05, 0.1) is 14.2 Å². The molecule has 0 aliphatic carbocycles. The summed E-state index contributed by atoms with van der Waals surface area (Å²) in [5, 5.41) is 0.0234. The van der Waals surface area contributed by atoms with E-state index in [9.17, 15) is 4.79 Å². The van der Waals surface area contributed by atoms with Crippen LogP contribution in [-0.2, 0) is 4.79 Å². The van der Waals surface area contributed by atoms with Gasteiger partial charge in [-0.25, -0.2) is 0 Å². The van der Waals surface area contributed by atoms with E-state index in [4.69, 9.17) is 9.47 Å². The molecule has 1 aliphatic rings. The van der Waals surface area contributed by atoms with Crippen LogP contribution < -0.4 is 9.47 Å². The Hall–Kier alpha value is -1.36. The predicted octanol–water partition coefficient (Wildman–Crippen LogP) is 6.98. The highest BCUT2D eigenvalue weighted by Crippen LogP contribution is 2.43. The highest BCUT2D eigenvalue weighted by Gasteiger charge is 2.32. The van der Waals surface area contributed by atoms with E-state index in [1.807, 2.05) is 34.9 Å². The summed E-state index contributed by atoms with van der Waals surface area (Å²) in [5.74, 6) is 2.86. The van der Waals surface area contributed by atoms with Crippen LogP contribution in [0, 0.1) is 0 Å². The monoisotopic (exact) mass is 435 g/mol. The predicted molar refractivity (Wildman–Crippen MR) is 128 cm³/mol. The molecule has 1 amide bonds. The van der Waals surface area contributed by atoms with E-state index < -0.39 is 0 Å². The van der Waals surface area contributed by atoms with Crippen molar-refractivity contribution in [2.24, 2.45) is 0 Å². The number of amides is 1. The van der Waals surface area contributed by atoms with Gasteiger partial charge in [0.2, 0.25) is 5.91 Å². The van der Waals surface area contributed by atoms with Gasteiger partial charge in [0.15, 0.2) is 0 Å². The molecule has 0 saturated carbocycles. The van der Waals surface area contributed by atoms with Crippen LogP contribution in [0.25, 0.3) is 0 Å². The number of nitrogens with zero attached hydrogens (tertiary/aromatic N) is 1. The quantitative estimate of drug-likeness (QED) is 0.279. The molecular formula is C25H41NO3S. The summed E-state index contributed by atoms with van der Waals surface area (Å²) in [5.41, 5.74) is 1.03. The van der Waals surface area contributed by atoms with E-state index in [0.717, 1.165) is 42.2 Å². The van der Waals surface area contributed by atoms with Crippen LogP contribution in [0.2, 0.25) is 0 Å². The highest BCUT2D eigenvalue weighted by atomic mass is 32.2. The van der Waals surface area contributed by atoms with E-state index in [-0.39, 0.29) is 11.3 Å². The Bertz CT molecular complexity index is 622. The molecule has 1 atom stereocenters. The zero-order valence-corrected chi connectivity index (χ0v) is 20.1. The lowest BCUT2D eigenvalue weighted by atomic mass is 10.0. The van der Waals surface area contributed by atoms with Crippen molar-refractivity contribution in [3.8, 4) is 11.5 Å². The number of hydrogen-bond donors (Lipinski definition) is 0. The first-order chi connectivity index (χ1) is 14.7. The Labute approximate surface area is 188 Å². The Morgan fingerprint density at radius 3 is 2.20 bits per heavy atom. The van der Waals surface area contributed by atoms with Crippen molar-refractivity contribution in [2.75, 3.05) is 26.5 Å². The molecule has 0 radical (unpaired) electrons. The fraction of sp³-hybridized carbons (Fsp3) is 0.720. The van der Waals surface area contributed by atoms with Crippen LogP contribution >= 0.6 is 11.8 Å². The van der Waals surface area contributed by atoms with Gasteiger partial charge in [-0.3, -0.25) is 4.79 Å². The Morgan fingerprint density at radius 2 is 1.60 bits per heavy atom. The second kappa shape index (κ2) is 14.6. The van der Waals surface area contributed by atoms with Gasteiger partial charge in [-0.1, -0.05) is 71.1 Å². The average Bonchev–Trinajstić information content (AvgIpc) is 3.26. The summed E-state index contributed by atoms with van der Waals surface area (Å²) < 4.78 is 10.9. The molecule has 1 aromatic rings. The lowest BCUT2D eigenvalue weighted by Crippen LogP contribution is -2.30. The van der Waals surface area contributed by atoms with Gasteiger partial charge in [0, 0.05) is 24.3 Å². The summed E-state index contributed by atoms with van der Waals surface area (Å²) >= 11 is 1.81. The van der Waals surface area contributed by atoms with Crippen LogP contribution in [0.5, 0.6) is 11.5 Å². The summed E-state index contributed by atoms with van der Waals surface area (Å²) in [4.78, 5) is 14.9. The van der Waals surface area contributed by atoms with Crippen LogP contribution in [-0.4, -0.2) is 37.3 Å². The molecule has 30 heavy (non-hydrogen) atoms. The number of carbonyl (C=O) groups excluding carboxylic acids is 1. The van der Waals surface area contributed by atoms with Gasteiger partial charge >= 0.3 is 0 Å². The van der Waals surface area contributed by atoms with E-state index in [1.165, 1.54) is 57.8 Å². The molecule has 1 aliphatic heterocycles. The second-order valence-corrected chi connectivity index (χ2v) is 9.39. The highest BCUT2D eigenvalue weighted by molar-refractivity contribution is 7.99. The second-order valence-electron chi connectivity index (χ2n) is 8.20. The van der Waals surface area contributed by atoms with Gasteiger partial charge in [-0.05, 0) is 24.6 Å². The molecule has 0 spiro atoms. The van der Waals surface area contributed by atoms with E-state index in [0.29, 0.717) is 6.42 Å². The third-order valence-corrected chi connectivity index (χ3v) is 7.15. The molecule has 1 unspecified atom stereocenters. The fourth-order valence-corrected chi connectivity index (χ4v) is 5.39. The zero-order chi connectivity index (χ0) is 21.6. The largest absolute Gasteiger partial charge is 0.497 e. The van der Waals surface area contributed by atoms with Crippen molar-refractivity contribution >= 4 is 17.7 Å². The number of rotatable bonds is 15. The molecule has 5 heteroatoms. The number of thioether (sulfide) groups is 1. The number of ether oxygens (including phenoxy) is 2. The molecular weight excluding hydrogens is 394 g/mol. The lowest BCUT2D eigenvalue weighted by Gasteiger charge is -2.26. The van der Waals surface area contributed by atoms with Gasteiger partial charge in [0.1, 0.15) is 16.9 Å². The topological polar surface area (TPSA) is 38.8 Å². The van der Waals surface area contributed by atoms with E-state index in [2.05, 4.69) is 6.92 Å². The van der Waals surface area contributed by atoms with Crippen molar-refractivity contribution in [1.82, 2.24) is 4.90 Å². The van der Waals surface area contributed by atoms with Crippen molar-refractivity contribution < 1.29 is 14.3 Å². The maximum absolute atomic E-state index is 12.9. The maximum Gasteiger partial charge on any atom is 0.223 e. The first kappa shape index (κ1) is 24.9. The van der Waals surface area contributed by atoms with E-state index in [1.54, 1.807) is 14.2 Å². The minimum absolute atomic E-state index is 0.0234. The Kier molecular flexibility index (Phi) is 12.1. The van der Waals surface area contributed by atoms with E-state index >= 15 is 0 Å². The summed E-state index contributed by atoms with van der Waals surface area (Å²) in [6.45, 7) is 3.08. The minimum Gasteiger partial charge on any atom is -0.497 e. The fourth-order valence-electron chi connectivity index (χ4n) is 4.10. The molecule has 1 fully saturated rings. The smallest absolute Gasteiger partial charge is 0.223 e. The molecule has 0 N–H and O–H groups in total. The standard InChI is InChI=1S/C25H41NO3S/c1-4-5-6-7-8-9-10-11-12-13-14-15-24(27)26-18-19-30-25(26)22-20-21(28-2)16-17-23(22)29-3/h16-17,20,25H,4-15,18-19H2,1-3H3. The number of unbranched alkanes of at least 4 members (excludes halogenated alkanes) is 10. The lowest BCUT2D eigenvalue weighted by molar-refractivity contribution is -0.131. The van der Waals surface area contributed by atoms with Crippen LogP contribution in [0.15, 0.2) is 18.2 Å². The number of carbonyl (C=O) groups is 1. The van der Waals surface area contributed by atoms with Crippen LogP contribution in [0.1, 0.15) is 94.9 Å². The zero-order valence-electron chi connectivity index (χ0n) is 19.3. The third kappa shape index (κ3) is 8.05. The summed E-state index contributed by atoms with van der Waals surface area (Å²) in [7, 11) is 3.35. The average molecular weight is 436 g/mol. The maximum atomic E-state index is 12.9.